The molecule has 2 aliphatic rings. The molecule has 3 rings (SSSR count). The Kier molecular flexibility index (Phi) is 2.37. The standard InChI is InChI=1S/C14H12BrNO/c1-16-11-5-3-2-4-9(11)8-10-12(16)6-7-13(17)14(10)15/h2-8,11,17H,1H3. The zero-order valence-electron chi connectivity index (χ0n) is 9.39. The monoisotopic (exact) mass is 289 g/mol. The molecule has 0 saturated carbocycles. The lowest BCUT2D eigenvalue weighted by molar-refractivity contribution is 0.471. The number of phenolic OH excluding ortho intramolecular Hbond substituents is 1. The zero-order valence-corrected chi connectivity index (χ0v) is 11.0. The summed E-state index contributed by atoms with van der Waals surface area (Å²) < 4.78 is 0.760. The van der Waals surface area contributed by atoms with Crippen molar-refractivity contribution in [2.24, 2.45) is 0 Å². The SMILES string of the molecule is CN1c2ccc(O)c(Br)c2C=C2C=CC=CC21. The van der Waals surface area contributed by atoms with E-state index in [-0.39, 0.29) is 5.75 Å². The fourth-order valence-electron chi connectivity index (χ4n) is 2.36. The van der Waals surface area contributed by atoms with Crippen LogP contribution in [-0.4, -0.2) is 18.2 Å². The first-order chi connectivity index (χ1) is 8.18. The molecule has 17 heavy (non-hydrogen) atoms. The van der Waals surface area contributed by atoms with E-state index >= 15 is 0 Å². The summed E-state index contributed by atoms with van der Waals surface area (Å²) in [5.74, 6) is 0.280. The summed E-state index contributed by atoms with van der Waals surface area (Å²) in [7, 11) is 2.07. The molecule has 0 aromatic heterocycles. The van der Waals surface area contributed by atoms with Gasteiger partial charge in [-0.1, -0.05) is 24.3 Å². The summed E-state index contributed by atoms with van der Waals surface area (Å²) in [6.07, 6.45) is 10.5. The van der Waals surface area contributed by atoms with Gasteiger partial charge in [-0.15, -0.1) is 0 Å². The number of benzene rings is 1. The van der Waals surface area contributed by atoms with Gasteiger partial charge in [0.2, 0.25) is 0 Å². The molecule has 1 unspecified atom stereocenters. The van der Waals surface area contributed by atoms with E-state index in [2.05, 4.69) is 52.2 Å². The zero-order chi connectivity index (χ0) is 12.0. The van der Waals surface area contributed by atoms with Crippen molar-refractivity contribution in [3.8, 4) is 5.75 Å². The molecule has 1 atom stereocenters. The largest absolute Gasteiger partial charge is 0.507 e. The van der Waals surface area contributed by atoms with Crippen molar-refractivity contribution >= 4 is 27.7 Å². The van der Waals surface area contributed by atoms with Gasteiger partial charge in [-0.05, 0) is 39.7 Å². The molecule has 0 radical (unpaired) electrons. The third-order valence-electron chi connectivity index (χ3n) is 3.28. The summed E-state index contributed by atoms with van der Waals surface area (Å²) in [4.78, 5) is 2.22. The Morgan fingerprint density at radius 3 is 2.94 bits per heavy atom. The van der Waals surface area contributed by atoms with Crippen LogP contribution >= 0.6 is 15.9 Å². The summed E-state index contributed by atoms with van der Waals surface area (Å²) in [6, 6.07) is 3.97. The van der Waals surface area contributed by atoms with Gasteiger partial charge in [0.15, 0.2) is 0 Å². The van der Waals surface area contributed by atoms with Crippen LogP contribution in [0, 0.1) is 0 Å². The first-order valence-corrected chi connectivity index (χ1v) is 6.28. The number of rotatable bonds is 0. The fourth-order valence-corrected chi connectivity index (χ4v) is 2.81. The van der Waals surface area contributed by atoms with Gasteiger partial charge in [-0.2, -0.15) is 0 Å². The van der Waals surface area contributed by atoms with Gasteiger partial charge in [-0.25, -0.2) is 0 Å². The van der Waals surface area contributed by atoms with Crippen LogP contribution in [0.2, 0.25) is 0 Å². The van der Waals surface area contributed by atoms with Crippen LogP contribution in [0.1, 0.15) is 5.56 Å². The molecule has 3 heteroatoms. The lowest BCUT2D eigenvalue weighted by Crippen LogP contribution is -2.34. The molecule has 0 spiro atoms. The molecule has 1 heterocycles. The first-order valence-electron chi connectivity index (χ1n) is 5.49. The van der Waals surface area contributed by atoms with E-state index in [0.717, 1.165) is 15.7 Å². The van der Waals surface area contributed by atoms with Crippen molar-refractivity contribution in [3.05, 3.63) is 52.0 Å². The van der Waals surface area contributed by atoms with Crippen LogP contribution < -0.4 is 4.90 Å². The summed E-state index contributed by atoms with van der Waals surface area (Å²) in [6.45, 7) is 0. The molecule has 1 aliphatic carbocycles. The third-order valence-corrected chi connectivity index (χ3v) is 4.11. The van der Waals surface area contributed by atoms with Crippen molar-refractivity contribution in [1.82, 2.24) is 0 Å². The van der Waals surface area contributed by atoms with Gasteiger partial charge in [0.05, 0.1) is 10.5 Å². The molecule has 0 fully saturated rings. The second-order valence-corrected chi connectivity index (χ2v) is 5.07. The van der Waals surface area contributed by atoms with Gasteiger partial charge in [0, 0.05) is 18.3 Å². The lowest BCUT2D eigenvalue weighted by Gasteiger charge is -2.35. The molecule has 1 aromatic carbocycles. The predicted octanol–water partition coefficient (Wildman–Crippen LogP) is 3.48. The van der Waals surface area contributed by atoms with Gasteiger partial charge < -0.3 is 10.0 Å². The van der Waals surface area contributed by atoms with E-state index in [4.69, 9.17) is 0 Å². The van der Waals surface area contributed by atoms with E-state index in [1.165, 1.54) is 5.57 Å². The van der Waals surface area contributed by atoms with Gasteiger partial charge >= 0.3 is 0 Å². The molecule has 0 amide bonds. The maximum absolute atomic E-state index is 9.73. The highest BCUT2D eigenvalue weighted by Gasteiger charge is 2.25. The maximum atomic E-state index is 9.73. The Morgan fingerprint density at radius 2 is 2.12 bits per heavy atom. The number of likely N-dealkylation sites (N-methyl/N-ethyl adjacent to an activating group) is 1. The van der Waals surface area contributed by atoms with Crippen LogP contribution in [0.15, 0.2) is 46.5 Å². The lowest BCUT2D eigenvalue weighted by atomic mass is 9.93. The fraction of sp³-hybridized carbons (Fsp3) is 0.143. The summed E-state index contributed by atoms with van der Waals surface area (Å²) in [5.41, 5.74) is 3.41. The van der Waals surface area contributed by atoms with Crippen LogP contribution in [0.5, 0.6) is 5.75 Å². The van der Waals surface area contributed by atoms with Gasteiger partial charge in [0.1, 0.15) is 5.75 Å². The normalized spacial score (nSPS) is 20.9. The molecule has 86 valence electrons. The van der Waals surface area contributed by atoms with Crippen LogP contribution in [0.25, 0.3) is 6.08 Å². The van der Waals surface area contributed by atoms with Crippen molar-refractivity contribution in [3.63, 3.8) is 0 Å². The second kappa shape index (κ2) is 3.77. The number of hydrogen-bond donors (Lipinski definition) is 1. The van der Waals surface area contributed by atoms with E-state index in [0.29, 0.717) is 6.04 Å². The highest BCUT2D eigenvalue weighted by molar-refractivity contribution is 9.10. The topological polar surface area (TPSA) is 23.5 Å². The van der Waals surface area contributed by atoms with E-state index in [1.54, 1.807) is 6.07 Å². The highest BCUT2D eigenvalue weighted by atomic mass is 79.9. The molecule has 2 nitrogen and oxygen atoms in total. The minimum Gasteiger partial charge on any atom is -0.507 e. The first kappa shape index (κ1) is 10.7. The third kappa shape index (κ3) is 1.53. The smallest absolute Gasteiger partial charge is 0.130 e. The average Bonchev–Trinajstić information content (AvgIpc) is 2.35. The van der Waals surface area contributed by atoms with Crippen LogP contribution in [0.4, 0.5) is 5.69 Å². The molecule has 1 aliphatic heterocycles. The van der Waals surface area contributed by atoms with E-state index in [1.807, 2.05) is 12.1 Å². The molecule has 1 aromatic rings. The summed E-state index contributed by atoms with van der Waals surface area (Å²) >= 11 is 3.45. The van der Waals surface area contributed by atoms with Crippen molar-refractivity contribution in [2.75, 3.05) is 11.9 Å². The molecule has 1 N–H and O–H groups in total. The number of fused-ring (bicyclic) bond motifs is 2. The van der Waals surface area contributed by atoms with Crippen LogP contribution in [0.3, 0.4) is 0 Å². The quantitative estimate of drug-likeness (QED) is 0.790. The maximum Gasteiger partial charge on any atom is 0.130 e. The predicted molar refractivity (Wildman–Crippen MR) is 74.3 cm³/mol. The Balaban J connectivity index is 2.24. The molecular formula is C14H12BrNO. The minimum atomic E-state index is 0.280. The van der Waals surface area contributed by atoms with Crippen LogP contribution in [-0.2, 0) is 0 Å². The number of aromatic hydroxyl groups is 1. The number of anilines is 1. The Labute approximate surface area is 109 Å². The number of halogens is 1. The number of phenols is 1. The number of hydrogen-bond acceptors (Lipinski definition) is 2. The van der Waals surface area contributed by atoms with Crippen molar-refractivity contribution in [2.45, 2.75) is 6.04 Å². The number of nitrogens with zero attached hydrogens (tertiary/aromatic N) is 1. The Hall–Kier alpha value is -1.48. The highest BCUT2D eigenvalue weighted by Crippen LogP contribution is 2.41. The van der Waals surface area contributed by atoms with Crippen molar-refractivity contribution < 1.29 is 5.11 Å². The molecular weight excluding hydrogens is 278 g/mol. The second-order valence-electron chi connectivity index (χ2n) is 4.28. The molecule has 0 saturated heterocycles. The summed E-state index contributed by atoms with van der Waals surface area (Å²) in [5, 5.41) is 9.73. The number of allylic oxidation sites excluding steroid dienone is 2. The van der Waals surface area contributed by atoms with Crippen molar-refractivity contribution in [1.29, 1.82) is 0 Å². The molecule has 0 bridgehead atoms. The Bertz CT molecular complexity index is 572. The Morgan fingerprint density at radius 1 is 1.29 bits per heavy atom. The van der Waals surface area contributed by atoms with E-state index in [9.17, 15) is 5.11 Å². The van der Waals surface area contributed by atoms with Gasteiger partial charge in [0.25, 0.3) is 0 Å². The van der Waals surface area contributed by atoms with E-state index < -0.39 is 0 Å². The average molecular weight is 290 g/mol. The minimum absolute atomic E-state index is 0.280. The van der Waals surface area contributed by atoms with Gasteiger partial charge in [-0.3, -0.25) is 0 Å².